The first kappa shape index (κ1) is 29.1. The molecule has 0 saturated carbocycles. The zero-order valence-electron chi connectivity index (χ0n) is 20.3. The molecule has 0 radical (unpaired) electrons. The van der Waals surface area contributed by atoms with E-state index in [9.17, 15) is 0 Å². The Morgan fingerprint density at radius 2 is 1.11 bits per heavy atom. The fraction of sp³-hybridized carbons (Fsp3) is 0.167. The molecule has 5 aromatic rings. The van der Waals surface area contributed by atoms with E-state index < -0.39 is 7.26 Å². The Labute approximate surface area is 244 Å². The molecule has 6 heteroatoms. The molecule has 0 spiro atoms. The van der Waals surface area contributed by atoms with Gasteiger partial charge in [-0.05, 0) is 66.9 Å². The van der Waals surface area contributed by atoms with Gasteiger partial charge in [0.2, 0.25) is 5.52 Å². The number of para-hydroxylation sites is 1. The third kappa shape index (κ3) is 5.97. The van der Waals surface area contributed by atoms with Crippen molar-refractivity contribution in [3.05, 3.63) is 115 Å². The van der Waals surface area contributed by atoms with E-state index in [4.69, 9.17) is 0 Å². The molecule has 0 fully saturated rings. The Hall–Kier alpha value is -1.49. The molecule has 1 nitrogen and oxygen atoms in total. The first-order valence-corrected chi connectivity index (χ1v) is 15.8. The normalized spacial score (nSPS) is 11.0. The van der Waals surface area contributed by atoms with Gasteiger partial charge in [-0.2, -0.15) is 4.57 Å². The van der Waals surface area contributed by atoms with E-state index in [2.05, 4.69) is 126 Å². The van der Waals surface area contributed by atoms with E-state index in [-0.39, 0.29) is 34.0 Å². The maximum absolute atomic E-state index is 2.53. The van der Waals surface area contributed by atoms with Gasteiger partial charge in [-0.25, -0.2) is 0 Å². The van der Waals surface area contributed by atoms with Crippen molar-refractivity contribution in [1.82, 2.24) is 0 Å². The molecule has 186 valence electrons. The lowest BCUT2D eigenvalue weighted by molar-refractivity contribution is -0.702. The zero-order chi connectivity index (χ0) is 23.2. The smallest absolute Gasteiger partial charge is 0.298 e. The molecule has 0 aliphatic rings. The molecule has 0 amide bonds. The van der Waals surface area contributed by atoms with Gasteiger partial charge < -0.3 is 34.0 Å². The minimum Gasteiger partial charge on any atom is -1.00 e. The summed E-state index contributed by atoms with van der Waals surface area (Å²) in [5.74, 6) is 0. The average molecular weight is 659 g/mol. The highest BCUT2D eigenvalue weighted by Crippen LogP contribution is 2.55. The summed E-state index contributed by atoms with van der Waals surface area (Å²) in [6.07, 6.45) is 5.74. The summed E-state index contributed by atoms with van der Waals surface area (Å²) in [6.45, 7) is 1.07. The standard InChI is InChI=1S/C30H30NPS2.2BrH/c1-33-30-31(28-21-11-12-22-29(28)34-30)23-13-14-24-32(25-15-5-2-6-16-25,26-17-7-3-8-18-26)27-19-9-4-10-20-27;;/h2-12,15-22H,13-14,23-24H2,1H3;2*1H/q+2;;/p-2. The van der Waals surface area contributed by atoms with Crippen LogP contribution in [-0.2, 0) is 6.54 Å². The summed E-state index contributed by atoms with van der Waals surface area (Å²) >= 11 is 3.77. The van der Waals surface area contributed by atoms with Crippen LogP contribution in [0.4, 0.5) is 0 Å². The lowest BCUT2D eigenvalue weighted by Gasteiger charge is -2.27. The predicted octanol–water partition coefficient (Wildman–Crippen LogP) is 0.693. The van der Waals surface area contributed by atoms with Crippen molar-refractivity contribution in [2.45, 2.75) is 23.7 Å². The molecule has 0 atom stereocenters. The molecule has 4 aromatic carbocycles. The summed E-state index contributed by atoms with van der Waals surface area (Å²) in [4.78, 5) is 0. The van der Waals surface area contributed by atoms with Gasteiger partial charge in [0.15, 0.2) is 6.54 Å². The second-order valence-electron chi connectivity index (χ2n) is 8.44. The highest BCUT2D eigenvalue weighted by molar-refractivity contribution is 8.00. The fourth-order valence-electron chi connectivity index (χ4n) is 4.88. The molecule has 0 aliphatic carbocycles. The summed E-state index contributed by atoms with van der Waals surface area (Å²) in [5, 5.41) is 4.43. The fourth-order valence-corrected chi connectivity index (χ4v) is 11.2. The summed E-state index contributed by atoms with van der Waals surface area (Å²) in [6, 6.07) is 42.5. The number of aryl methyl sites for hydroxylation is 1. The molecule has 0 aliphatic heterocycles. The number of unbranched alkanes of at least 4 members (excludes halogenated alkanes) is 1. The van der Waals surface area contributed by atoms with Crippen LogP contribution >= 0.6 is 30.4 Å². The van der Waals surface area contributed by atoms with Crippen LogP contribution in [0.1, 0.15) is 12.8 Å². The predicted molar refractivity (Wildman–Crippen MR) is 153 cm³/mol. The SMILES string of the molecule is CSc1sc2ccccc2[n+]1CCCC[P+](c1ccccc1)(c1ccccc1)c1ccccc1.[Br-].[Br-]. The van der Waals surface area contributed by atoms with Gasteiger partial charge in [0, 0.05) is 12.5 Å². The number of aromatic nitrogens is 1. The van der Waals surface area contributed by atoms with Crippen LogP contribution in [0.15, 0.2) is 120 Å². The van der Waals surface area contributed by atoms with E-state index in [0.29, 0.717) is 0 Å². The first-order chi connectivity index (χ1) is 16.8. The Kier molecular flexibility index (Phi) is 11.2. The maximum Gasteiger partial charge on any atom is 0.298 e. The molecule has 5 rings (SSSR count). The molecule has 0 unspecified atom stereocenters. The van der Waals surface area contributed by atoms with Crippen molar-refractivity contribution >= 4 is 56.5 Å². The molecular formula is C30H30Br2NPS2. The van der Waals surface area contributed by atoms with E-state index in [1.807, 2.05) is 23.1 Å². The average Bonchev–Trinajstić information content (AvgIpc) is 3.28. The lowest BCUT2D eigenvalue weighted by atomic mass is 10.3. The number of fused-ring (bicyclic) bond motifs is 1. The van der Waals surface area contributed by atoms with E-state index in [1.165, 1.54) is 49.5 Å². The van der Waals surface area contributed by atoms with Crippen LogP contribution in [0, 0.1) is 0 Å². The monoisotopic (exact) mass is 657 g/mol. The van der Waals surface area contributed by atoms with Crippen molar-refractivity contribution in [1.29, 1.82) is 0 Å². The van der Waals surface area contributed by atoms with E-state index >= 15 is 0 Å². The number of rotatable bonds is 9. The van der Waals surface area contributed by atoms with Crippen molar-refractivity contribution in [3.63, 3.8) is 0 Å². The lowest BCUT2D eigenvalue weighted by Crippen LogP contribution is -3.00. The summed E-state index contributed by atoms with van der Waals surface area (Å²) in [7, 11) is -1.74. The number of thioether (sulfide) groups is 1. The third-order valence-electron chi connectivity index (χ3n) is 6.46. The molecule has 1 aromatic heterocycles. The summed E-state index contributed by atoms with van der Waals surface area (Å²) < 4.78 is 5.31. The number of thiazole rings is 1. The number of hydrogen-bond donors (Lipinski definition) is 0. The van der Waals surface area contributed by atoms with Crippen LogP contribution < -0.4 is 54.4 Å². The van der Waals surface area contributed by atoms with Crippen LogP contribution in [0.3, 0.4) is 0 Å². The van der Waals surface area contributed by atoms with Crippen LogP contribution in [0.2, 0.25) is 0 Å². The third-order valence-corrected chi connectivity index (χ3v) is 13.3. The zero-order valence-corrected chi connectivity index (χ0v) is 26.0. The number of benzene rings is 4. The van der Waals surface area contributed by atoms with Crippen LogP contribution in [0.5, 0.6) is 0 Å². The van der Waals surface area contributed by atoms with Gasteiger partial charge >= 0.3 is 0 Å². The van der Waals surface area contributed by atoms with Gasteiger partial charge in [0.25, 0.3) is 4.34 Å². The second-order valence-corrected chi connectivity index (χ2v) is 14.1. The van der Waals surface area contributed by atoms with Crippen molar-refractivity contribution in [2.24, 2.45) is 0 Å². The molecule has 0 N–H and O–H groups in total. The molecule has 36 heavy (non-hydrogen) atoms. The summed E-state index contributed by atoms with van der Waals surface area (Å²) in [5.41, 5.74) is 1.37. The molecule has 0 bridgehead atoms. The number of nitrogens with zero attached hydrogens (tertiary/aromatic N) is 1. The second kappa shape index (κ2) is 13.9. The van der Waals surface area contributed by atoms with Crippen molar-refractivity contribution in [2.75, 3.05) is 12.4 Å². The Morgan fingerprint density at radius 1 is 0.639 bits per heavy atom. The minimum absolute atomic E-state index is 0. The minimum atomic E-state index is -1.74. The largest absolute Gasteiger partial charge is 1.00 e. The van der Waals surface area contributed by atoms with Crippen LogP contribution in [-0.4, -0.2) is 12.4 Å². The van der Waals surface area contributed by atoms with Gasteiger partial charge in [-0.1, -0.05) is 78.1 Å². The highest BCUT2D eigenvalue weighted by atomic mass is 79.9. The Bertz CT molecular complexity index is 1250. The maximum atomic E-state index is 2.53. The number of halogens is 2. The quantitative estimate of drug-likeness (QED) is 0.0977. The number of hydrogen-bond acceptors (Lipinski definition) is 2. The van der Waals surface area contributed by atoms with Crippen LogP contribution in [0.25, 0.3) is 10.2 Å². The Morgan fingerprint density at radius 3 is 1.61 bits per heavy atom. The topological polar surface area (TPSA) is 3.88 Å². The van der Waals surface area contributed by atoms with Gasteiger partial charge in [-0.15, -0.1) is 0 Å². The molecule has 0 saturated heterocycles. The van der Waals surface area contributed by atoms with Gasteiger partial charge in [0.1, 0.15) is 27.9 Å². The van der Waals surface area contributed by atoms with E-state index in [1.54, 1.807) is 0 Å². The first-order valence-electron chi connectivity index (χ1n) is 11.8. The highest BCUT2D eigenvalue weighted by Gasteiger charge is 2.44. The van der Waals surface area contributed by atoms with Gasteiger partial charge in [-0.3, -0.25) is 0 Å². The molecular weight excluding hydrogens is 629 g/mol. The van der Waals surface area contributed by atoms with Crippen molar-refractivity contribution < 1.29 is 38.5 Å². The molecule has 1 heterocycles. The van der Waals surface area contributed by atoms with Gasteiger partial charge in [0.05, 0.1) is 6.16 Å². The van der Waals surface area contributed by atoms with E-state index in [0.717, 1.165) is 6.54 Å². The Balaban J connectivity index is 0.00000180. The van der Waals surface area contributed by atoms with Crippen molar-refractivity contribution in [3.8, 4) is 0 Å².